The number of alkyl halides is 3. The fourth-order valence-corrected chi connectivity index (χ4v) is 4.86. The minimum absolute atomic E-state index is 0.00520. The first-order valence-corrected chi connectivity index (χ1v) is 15.3. The van der Waals surface area contributed by atoms with Crippen LogP contribution in [0.2, 0.25) is 5.02 Å². The van der Waals surface area contributed by atoms with Gasteiger partial charge in [0.2, 0.25) is 0 Å². The Hall–Kier alpha value is -3.01. The van der Waals surface area contributed by atoms with E-state index in [1.165, 1.54) is 15.9 Å². The molecule has 0 spiro atoms. The maximum atomic E-state index is 13.3. The van der Waals surface area contributed by atoms with Crippen LogP contribution in [0, 0.1) is 0 Å². The van der Waals surface area contributed by atoms with E-state index >= 15 is 0 Å². The van der Waals surface area contributed by atoms with E-state index in [0.29, 0.717) is 13.1 Å². The number of rotatable bonds is 3. The van der Waals surface area contributed by atoms with Crippen LogP contribution >= 0.6 is 11.6 Å². The fourth-order valence-electron chi connectivity index (χ4n) is 4.69. The Morgan fingerprint density at radius 3 is 1.91 bits per heavy atom. The molecule has 4 amide bonds. The molecule has 1 aromatic carbocycles. The lowest BCUT2D eigenvalue weighted by Gasteiger charge is -2.44. The summed E-state index contributed by atoms with van der Waals surface area (Å²) in [5.74, 6) is 0. The summed E-state index contributed by atoms with van der Waals surface area (Å²) in [6.45, 7) is 15.1. The molecule has 46 heavy (non-hydrogen) atoms. The molecule has 0 unspecified atom stereocenters. The molecule has 16 heteroatoms. The molecule has 2 fully saturated rings. The molecule has 0 radical (unpaired) electrons. The number of anilines is 1. The van der Waals surface area contributed by atoms with Gasteiger partial charge in [-0.1, -0.05) is 11.6 Å². The summed E-state index contributed by atoms with van der Waals surface area (Å²) in [6.07, 6.45) is -5.61. The maximum Gasteiger partial charge on any atom is 0.418 e. The van der Waals surface area contributed by atoms with Crippen molar-refractivity contribution in [3.05, 3.63) is 28.8 Å². The van der Waals surface area contributed by atoms with Crippen molar-refractivity contribution in [2.45, 2.75) is 96.9 Å². The number of halogens is 4. The van der Waals surface area contributed by atoms with Crippen LogP contribution in [0.5, 0.6) is 0 Å². The van der Waals surface area contributed by atoms with E-state index in [1.54, 1.807) is 32.6 Å². The van der Waals surface area contributed by atoms with Crippen LogP contribution in [0.25, 0.3) is 0 Å². The van der Waals surface area contributed by atoms with Crippen LogP contribution in [-0.2, 0) is 15.7 Å². The topological polar surface area (TPSA) is 144 Å². The average molecular weight is 682 g/mol. The van der Waals surface area contributed by atoms with E-state index < -0.39 is 59.4 Å². The van der Waals surface area contributed by atoms with Crippen molar-refractivity contribution in [2.75, 3.05) is 44.7 Å². The maximum absolute atomic E-state index is 13.3. The molecule has 0 aliphatic carbocycles. The summed E-state index contributed by atoms with van der Waals surface area (Å²) in [4.78, 5) is 41.3. The van der Waals surface area contributed by atoms with Gasteiger partial charge in [-0.15, -0.1) is 0 Å². The number of nitrogens with one attached hydrogen (secondary N) is 2. The Balaban J connectivity index is 0.000000387. The number of carbonyl (C=O) groups excluding carboxylic acids is 3. The molecule has 2 aliphatic rings. The third kappa shape index (κ3) is 11.7. The molecule has 3 rings (SSSR count). The monoisotopic (exact) mass is 681 g/mol. The van der Waals surface area contributed by atoms with Crippen LogP contribution in [0.1, 0.15) is 61.0 Å². The first kappa shape index (κ1) is 39.2. The molecule has 12 nitrogen and oxygen atoms in total. The number of ether oxygens (including phenoxy) is 2. The van der Waals surface area contributed by atoms with Crippen molar-refractivity contribution in [3.63, 3.8) is 0 Å². The lowest BCUT2D eigenvalue weighted by atomic mass is 10.1. The van der Waals surface area contributed by atoms with Crippen LogP contribution in [-0.4, -0.2) is 118 Å². The molecule has 2 heterocycles. The third-order valence-corrected chi connectivity index (χ3v) is 7.20. The van der Waals surface area contributed by atoms with Gasteiger partial charge in [-0.2, -0.15) is 13.2 Å². The quantitative estimate of drug-likeness (QED) is 0.357. The predicted octanol–water partition coefficient (Wildman–Crippen LogP) is 4.77. The molecule has 4 atom stereocenters. The highest BCUT2D eigenvalue weighted by molar-refractivity contribution is 6.30. The molecule has 1 aromatic rings. The standard InChI is InChI=1S/C19H25ClF3N3O4.C11H22N2O3/c1-11-8-26(13(10-27)9-25(11)17(29)30-18(2,3)4)16(28)24-15-6-5-12(20)7-14(15)19(21,22)23;1-8-5-12-9(7-14)6-13(8)10(15)16-11(2,3)4/h5-7,11,13,27H,8-10H2,1-4H3,(H,24,28);8-9,12,14H,5-7H2,1-4H3/t11-,13+;8-,9+/m11/s1. The minimum Gasteiger partial charge on any atom is -0.444 e. The van der Waals surface area contributed by atoms with Crippen LogP contribution in [0.15, 0.2) is 18.2 Å². The molecular formula is C30H47ClF3N5O7. The van der Waals surface area contributed by atoms with E-state index in [-0.39, 0.29) is 42.9 Å². The Morgan fingerprint density at radius 2 is 1.43 bits per heavy atom. The van der Waals surface area contributed by atoms with Gasteiger partial charge in [-0.05, 0) is 73.6 Å². The SMILES string of the molecule is C[C@@H]1CN(C(=O)Nc2ccc(Cl)cc2C(F)(F)F)[C@H](CO)CN1C(=O)OC(C)(C)C.C[C@@H]1CN[C@H](CO)CN1C(=O)OC(C)(C)C. The number of hydrogen-bond donors (Lipinski definition) is 4. The zero-order valence-electron chi connectivity index (χ0n) is 27.6. The van der Waals surface area contributed by atoms with Crippen LogP contribution in [0.4, 0.5) is 33.2 Å². The molecular weight excluding hydrogens is 635 g/mol. The number of benzene rings is 1. The summed E-state index contributed by atoms with van der Waals surface area (Å²) < 4.78 is 50.5. The first-order valence-electron chi connectivity index (χ1n) is 14.9. The second kappa shape index (κ2) is 15.7. The van der Waals surface area contributed by atoms with Crippen molar-refractivity contribution in [2.24, 2.45) is 0 Å². The number of amides is 4. The first-order chi connectivity index (χ1) is 21.1. The van der Waals surface area contributed by atoms with Gasteiger partial charge in [-0.25, -0.2) is 14.4 Å². The summed E-state index contributed by atoms with van der Waals surface area (Å²) in [7, 11) is 0. The molecule has 0 bridgehead atoms. The average Bonchev–Trinajstić information content (AvgIpc) is 2.92. The number of aliphatic hydroxyl groups excluding tert-OH is 2. The highest BCUT2D eigenvalue weighted by atomic mass is 35.5. The Labute approximate surface area is 273 Å². The lowest BCUT2D eigenvalue weighted by molar-refractivity contribution is -0.136. The van der Waals surface area contributed by atoms with Gasteiger partial charge < -0.3 is 45.0 Å². The minimum atomic E-state index is -4.72. The number of hydrogen-bond acceptors (Lipinski definition) is 8. The molecule has 4 N–H and O–H groups in total. The van der Waals surface area contributed by atoms with Crippen molar-refractivity contribution in [1.29, 1.82) is 0 Å². The second-order valence-electron chi connectivity index (χ2n) is 13.4. The third-order valence-electron chi connectivity index (χ3n) is 6.97. The van der Waals surface area contributed by atoms with Gasteiger partial charge in [0.15, 0.2) is 0 Å². The fraction of sp³-hybridized carbons (Fsp3) is 0.700. The van der Waals surface area contributed by atoms with E-state index in [9.17, 15) is 32.7 Å². The number of urea groups is 1. The smallest absolute Gasteiger partial charge is 0.418 e. The molecule has 0 saturated carbocycles. The van der Waals surface area contributed by atoms with Gasteiger partial charge in [0.25, 0.3) is 0 Å². The Bertz CT molecular complexity index is 1210. The van der Waals surface area contributed by atoms with Gasteiger partial charge in [0, 0.05) is 49.3 Å². The van der Waals surface area contributed by atoms with Crippen molar-refractivity contribution >= 4 is 35.5 Å². The van der Waals surface area contributed by atoms with Crippen molar-refractivity contribution in [3.8, 4) is 0 Å². The number of aliphatic hydroxyl groups is 2. The molecule has 2 saturated heterocycles. The van der Waals surface area contributed by atoms with Crippen molar-refractivity contribution < 1.29 is 47.2 Å². The number of carbonyl (C=O) groups is 3. The molecule has 2 aliphatic heterocycles. The van der Waals surface area contributed by atoms with E-state index in [0.717, 1.165) is 12.1 Å². The molecule has 262 valence electrons. The van der Waals surface area contributed by atoms with E-state index in [2.05, 4.69) is 10.6 Å². The van der Waals surface area contributed by atoms with Gasteiger partial charge in [0.05, 0.1) is 30.5 Å². The van der Waals surface area contributed by atoms with Gasteiger partial charge >= 0.3 is 24.4 Å². The van der Waals surface area contributed by atoms with E-state index in [1.807, 2.05) is 27.7 Å². The lowest BCUT2D eigenvalue weighted by Crippen LogP contribution is -2.62. The summed E-state index contributed by atoms with van der Waals surface area (Å²) in [6, 6.07) is 0.968. The number of nitrogens with zero attached hydrogens (tertiary/aromatic N) is 3. The zero-order valence-corrected chi connectivity index (χ0v) is 28.3. The van der Waals surface area contributed by atoms with Crippen molar-refractivity contribution in [1.82, 2.24) is 20.0 Å². The predicted molar refractivity (Wildman–Crippen MR) is 167 cm³/mol. The van der Waals surface area contributed by atoms with Gasteiger partial charge in [0.1, 0.15) is 11.2 Å². The summed E-state index contributed by atoms with van der Waals surface area (Å²) in [5.41, 5.74) is -2.72. The van der Waals surface area contributed by atoms with Crippen LogP contribution in [0.3, 0.4) is 0 Å². The highest BCUT2D eigenvalue weighted by Crippen LogP contribution is 2.37. The summed E-state index contributed by atoms with van der Waals surface area (Å²) >= 11 is 5.66. The summed E-state index contributed by atoms with van der Waals surface area (Å²) in [5, 5.41) is 24.1. The second-order valence-corrected chi connectivity index (χ2v) is 13.8. The van der Waals surface area contributed by atoms with E-state index in [4.69, 9.17) is 26.2 Å². The Morgan fingerprint density at radius 1 is 0.891 bits per heavy atom. The molecule has 0 aromatic heterocycles. The highest BCUT2D eigenvalue weighted by Gasteiger charge is 2.40. The zero-order chi connectivity index (χ0) is 35.2. The Kier molecular flexibility index (Phi) is 13.4. The van der Waals surface area contributed by atoms with Gasteiger partial charge in [-0.3, -0.25) is 0 Å². The largest absolute Gasteiger partial charge is 0.444 e. The number of piperazine rings is 2. The van der Waals surface area contributed by atoms with Crippen LogP contribution < -0.4 is 10.6 Å². The normalized spacial score (nSPS) is 22.4.